The van der Waals surface area contributed by atoms with Crippen LogP contribution >= 0.6 is 23.8 Å². The van der Waals surface area contributed by atoms with E-state index < -0.39 is 0 Å². The summed E-state index contributed by atoms with van der Waals surface area (Å²) in [7, 11) is 0. The Hall–Kier alpha value is -3.29. The van der Waals surface area contributed by atoms with Crippen LogP contribution in [0.25, 0.3) is 22.6 Å². The third kappa shape index (κ3) is 4.42. The number of hydrogen-bond donors (Lipinski definition) is 2. The predicted octanol–water partition coefficient (Wildman–Crippen LogP) is 5.41. The second-order valence-electron chi connectivity index (χ2n) is 6.13. The van der Waals surface area contributed by atoms with Gasteiger partial charge in [-0.15, -0.1) is 0 Å². The number of amides is 1. The van der Waals surface area contributed by atoms with Crippen LogP contribution in [0, 0.1) is 5.82 Å². The molecule has 4 aromatic rings. The SMILES string of the molecule is O=C(NC(=S)Nc1ccc2oc(-c3cccc(F)c3)nc2c1)c1ccc(Cl)cc1. The lowest BCUT2D eigenvalue weighted by Gasteiger charge is -2.09. The Kier molecular flexibility index (Phi) is 5.24. The Labute approximate surface area is 175 Å². The van der Waals surface area contributed by atoms with Gasteiger partial charge in [0, 0.05) is 21.8 Å². The average molecular weight is 426 g/mol. The average Bonchev–Trinajstić information content (AvgIpc) is 3.12. The van der Waals surface area contributed by atoms with Crippen LogP contribution in [0.2, 0.25) is 5.02 Å². The van der Waals surface area contributed by atoms with Crippen LogP contribution in [0.3, 0.4) is 0 Å². The molecule has 29 heavy (non-hydrogen) atoms. The number of anilines is 1. The molecule has 0 radical (unpaired) electrons. The molecule has 0 aliphatic heterocycles. The van der Waals surface area contributed by atoms with Crippen LogP contribution in [0.15, 0.2) is 71.1 Å². The van der Waals surface area contributed by atoms with E-state index in [4.69, 9.17) is 28.2 Å². The van der Waals surface area contributed by atoms with E-state index in [-0.39, 0.29) is 16.8 Å². The Morgan fingerprint density at radius 3 is 2.62 bits per heavy atom. The fourth-order valence-electron chi connectivity index (χ4n) is 2.69. The van der Waals surface area contributed by atoms with E-state index >= 15 is 0 Å². The second kappa shape index (κ2) is 7.98. The summed E-state index contributed by atoms with van der Waals surface area (Å²) in [6.07, 6.45) is 0. The predicted molar refractivity (Wildman–Crippen MR) is 115 cm³/mol. The quantitative estimate of drug-likeness (QED) is 0.429. The van der Waals surface area contributed by atoms with Gasteiger partial charge in [0.2, 0.25) is 5.89 Å². The maximum atomic E-state index is 13.4. The lowest BCUT2D eigenvalue weighted by Crippen LogP contribution is -2.34. The van der Waals surface area contributed by atoms with Crippen molar-refractivity contribution in [1.29, 1.82) is 0 Å². The van der Waals surface area contributed by atoms with Gasteiger partial charge in [0.1, 0.15) is 11.3 Å². The highest BCUT2D eigenvalue weighted by molar-refractivity contribution is 7.80. The second-order valence-corrected chi connectivity index (χ2v) is 6.97. The molecule has 0 unspecified atom stereocenters. The highest BCUT2D eigenvalue weighted by atomic mass is 35.5. The van der Waals surface area contributed by atoms with E-state index in [1.165, 1.54) is 12.1 Å². The molecule has 8 heteroatoms. The largest absolute Gasteiger partial charge is 0.436 e. The van der Waals surface area contributed by atoms with Crippen molar-refractivity contribution in [2.24, 2.45) is 0 Å². The zero-order valence-electron chi connectivity index (χ0n) is 14.8. The standard InChI is InChI=1S/C21H13ClFN3O2S/c22-14-6-4-12(5-7-14)19(27)26-21(29)24-16-8-9-18-17(11-16)25-20(28-18)13-2-1-3-15(23)10-13/h1-11H,(H2,24,26,27,29). The van der Waals surface area contributed by atoms with E-state index in [0.29, 0.717) is 38.8 Å². The van der Waals surface area contributed by atoms with Gasteiger partial charge in [0.15, 0.2) is 10.7 Å². The summed E-state index contributed by atoms with van der Waals surface area (Å²) in [5.74, 6) is -0.403. The van der Waals surface area contributed by atoms with Gasteiger partial charge in [0.05, 0.1) is 0 Å². The highest BCUT2D eigenvalue weighted by Crippen LogP contribution is 2.26. The van der Waals surface area contributed by atoms with Gasteiger partial charge in [-0.2, -0.15) is 0 Å². The Bertz CT molecular complexity index is 1220. The normalized spacial score (nSPS) is 10.7. The fraction of sp³-hybridized carbons (Fsp3) is 0. The lowest BCUT2D eigenvalue weighted by atomic mass is 10.2. The molecule has 1 aromatic heterocycles. The topological polar surface area (TPSA) is 67.2 Å². The third-order valence-corrected chi connectivity index (χ3v) is 4.51. The van der Waals surface area contributed by atoms with E-state index in [1.54, 1.807) is 54.6 Å². The van der Waals surface area contributed by atoms with Gasteiger partial charge >= 0.3 is 0 Å². The van der Waals surface area contributed by atoms with E-state index in [9.17, 15) is 9.18 Å². The zero-order valence-corrected chi connectivity index (χ0v) is 16.4. The van der Waals surface area contributed by atoms with Crippen molar-refractivity contribution in [2.75, 3.05) is 5.32 Å². The summed E-state index contributed by atoms with van der Waals surface area (Å²) in [4.78, 5) is 16.6. The summed E-state index contributed by atoms with van der Waals surface area (Å²) >= 11 is 11.0. The van der Waals surface area contributed by atoms with Crippen LogP contribution in [-0.2, 0) is 0 Å². The molecule has 144 valence electrons. The van der Waals surface area contributed by atoms with Gasteiger partial charge < -0.3 is 9.73 Å². The summed E-state index contributed by atoms with van der Waals surface area (Å²) < 4.78 is 19.1. The zero-order chi connectivity index (χ0) is 20.4. The number of carbonyl (C=O) groups excluding carboxylic acids is 1. The lowest BCUT2D eigenvalue weighted by molar-refractivity contribution is 0.0977. The fourth-order valence-corrected chi connectivity index (χ4v) is 3.03. The van der Waals surface area contributed by atoms with Crippen molar-refractivity contribution >= 4 is 51.6 Å². The van der Waals surface area contributed by atoms with Gasteiger partial charge in [-0.25, -0.2) is 9.37 Å². The van der Waals surface area contributed by atoms with E-state index in [2.05, 4.69) is 15.6 Å². The number of nitrogens with zero attached hydrogens (tertiary/aromatic N) is 1. The van der Waals surface area contributed by atoms with Gasteiger partial charge in [0.25, 0.3) is 5.91 Å². The van der Waals surface area contributed by atoms with Crippen molar-refractivity contribution < 1.29 is 13.6 Å². The summed E-state index contributed by atoms with van der Waals surface area (Å²) in [5.41, 5.74) is 2.72. The van der Waals surface area contributed by atoms with Crippen LogP contribution in [-0.4, -0.2) is 16.0 Å². The number of rotatable bonds is 3. The molecule has 3 aromatic carbocycles. The smallest absolute Gasteiger partial charge is 0.257 e. The molecule has 0 saturated heterocycles. The first-order valence-electron chi connectivity index (χ1n) is 8.52. The first-order chi connectivity index (χ1) is 14.0. The minimum atomic E-state index is -0.367. The molecule has 2 N–H and O–H groups in total. The van der Waals surface area contributed by atoms with Crippen molar-refractivity contribution in [3.05, 3.63) is 83.1 Å². The number of aromatic nitrogens is 1. The number of halogens is 2. The number of nitrogens with one attached hydrogen (secondary N) is 2. The first-order valence-corrected chi connectivity index (χ1v) is 9.31. The summed E-state index contributed by atoms with van der Waals surface area (Å²) in [6.45, 7) is 0. The minimum absolute atomic E-state index is 0.137. The third-order valence-electron chi connectivity index (χ3n) is 4.05. The molecule has 0 aliphatic carbocycles. The highest BCUT2D eigenvalue weighted by Gasteiger charge is 2.11. The number of fused-ring (bicyclic) bond motifs is 1. The van der Waals surface area contributed by atoms with Crippen molar-refractivity contribution in [1.82, 2.24) is 10.3 Å². The molecule has 0 saturated carbocycles. The molecule has 5 nitrogen and oxygen atoms in total. The Balaban J connectivity index is 1.48. The van der Waals surface area contributed by atoms with Crippen molar-refractivity contribution in [3.63, 3.8) is 0 Å². The van der Waals surface area contributed by atoms with Crippen LogP contribution in [0.5, 0.6) is 0 Å². The molecule has 0 fully saturated rings. The summed E-state index contributed by atoms with van der Waals surface area (Å²) in [6, 6.07) is 17.7. The van der Waals surface area contributed by atoms with E-state index in [0.717, 1.165) is 0 Å². The van der Waals surface area contributed by atoms with Gasteiger partial charge in [-0.05, 0) is 72.9 Å². The van der Waals surface area contributed by atoms with Crippen molar-refractivity contribution in [3.8, 4) is 11.5 Å². The number of hydrogen-bond acceptors (Lipinski definition) is 4. The number of thiocarbonyl (C=S) groups is 1. The number of benzene rings is 3. The first kappa shape index (κ1) is 19.0. The number of carbonyl (C=O) groups is 1. The Morgan fingerprint density at radius 1 is 1.07 bits per heavy atom. The molecule has 0 aliphatic rings. The van der Waals surface area contributed by atoms with Crippen LogP contribution in [0.1, 0.15) is 10.4 Å². The molecule has 0 atom stereocenters. The molecule has 0 bridgehead atoms. The minimum Gasteiger partial charge on any atom is -0.436 e. The van der Waals surface area contributed by atoms with Crippen LogP contribution in [0.4, 0.5) is 10.1 Å². The van der Waals surface area contributed by atoms with Gasteiger partial charge in [-0.1, -0.05) is 17.7 Å². The maximum absolute atomic E-state index is 13.4. The summed E-state index contributed by atoms with van der Waals surface area (Å²) in [5, 5.41) is 6.22. The van der Waals surface area contributed by atoms with E-state index in [1.807, 2.05) is 0 Å². The molecule has 4 rings (SSSR count). The van der Waals surface area contributed by atoms with Crippen LogP contribution < -0.4 is 10.6 Å². The molecule has 1 amide bonds. The number of oxazole rings is 1. The monoisotopic (exact) mass is 425 g/mol. The van der Waals surface area contributed by atoms with Crippen molar-refractivity contribution in [2.45, 2.75) is 0 Å². The molecular weight excluding hydrogens is 413 g/mol. The molecule has 0 spiro atoms. The Morgan fingerprint density at radius 2 is 1.86 bits per heavy atom. The molecular formula is C21H13ClFN3O2S. The maximum Gasteiger partial charge on any atom is 0.257 e. The van der Waals surface area contributed by atoms with Gasteiger partial charge in [-0.3, -0.25) is 10.1 Å². The molecule has 1 heterocycles.